The van der Waals surface area contributed by atoms with Crippen LogP contribution in [0, 0.1) is 11.3 Å². The molecule has 0 radical (unpaired) electrons. The zero-order valence-corrected chi connectivity index (χ0v) is 8.95. The third-order valence-corrected chi connectivity index (χ3v) is 2.70. The van der Waals surface area contributed by atoms with Crippen molar-refractivity contribution < 1.29 is 8.78 Å². The zero-order chi connectivity index (χ0) is 12.5. The molecule has 1 aliphatic rings. The van der Waals surface area contributed by atoms with Gasteiger partial charge in [0.25, 0.3) is 0 Å². The molecule has 0 saturated carbocycles. The fourth-order valence-corrected chi connectivity index (χ4v) is 1.79. The van der Waals surface area contributed by atoms with E-state index in [1.807, 2.05) is 0 Å². The predicted octanol–water partition coefficient (Wildman–Crippen LogP) is 2.85. The predicted molar refractivity (Wildman–Crippen MR) is 60.8 cm³/mol. The number of nitrogens with two attached hydrogens (primary N) is 1. The molecule has 1 atom stereocenters. The van der Waals surface area contributed by atoms with E-state index >= 15 is 0 Å². The average Bonchev–Trinajstić information content (AvgIpc) is 2.35. The lowest BCUT2D eigenvalue weighted by molar-refractivity contribution is 0.296. The molecule has 1 aromatic carbocycles. The van der Waals surface area contributed by atoms with Crippen molar-refractivity contribution in [3.63, 3.8) is 0 Å². The van der Waals surface area contributed by atoms with Crippen LogP contribution in [0.5, 0.6) is 0 Å². The van der Waals surface area contributed by atoms with Crippen molar-refractivity contribution in [2.45, 2.75) is 12.1 Å². The number of allylic oxidation sites excluding steroid dienone is 3. The van der Waals surface area contributed by atoms with E-state index in [0.29, 0.717) is 5.56 Å². The fraction of sp³-hybridized carbons (Fsp3) is 0.154. The minimum absolute atomic E-state index is 0.111. The molecule has 1 aromatic rings. The van der Waals surface area contributed by atoms with Crippen molar-refractivity contribution in [3.05, 3.63) is 53.5 Å². The van der Waals surface area contributed by atoms with Crippen molar-refractivity contribution in [1.82, 2.24) is 0 Å². The minimum Gasteiger partial charge on any atom is -0.397 e. The third-order valence-electron chi connectivity index (χ3n) is 2.70. The number of nitriles is 1. The van der Waals surface area contributed by atoms with Crippen molar-refractivity contribution >= 4 is 5.57 Å². The maximum atomic E-state index is 14.3. The molecule has 2 nitrogen and oxygen atoms in total. The summed E-state index contributed by atoms with van der Waals surface area (Å²) in [4.78, 5) is 0. The van der Waals surface area contributed by atoms with Crippen molar-refractivity contribution in [1.29, 1.82) is 5.26 Å². The molecule has 0 fully saturated rings. The average molecular weight is 232 g/mol. The fourth-order valence-electron chi connectivity index (χ4n) is 1.79. The highest BCUT2D eigenvalue weighted by atomic mass is 19.1. The normalized spacial score (nSPS) is 24.2. The van der Waals surface area contributed by atoms with Gasteiger partial charge in [0.15, 0.2) is 0 Å². The molecule has 86 valence electrons. The molecule has 4 heteroatoms. The summed E-state index contributed by atoms with van der Waals surface area (Å²) in [5, 5.41) is 8.89. The van der Waals surface area contributed by atoms with E-state index in [2.05, 4.69) is 0 Å². The Morgan fingerprint density at radius 3 is 2.53 bits per heavy atom. The van der Waals surface area contributed by atoms with Gasteiger partial charge < -0.3 is 5.73 Å². The molecule has 0 amide bonds. The van der Waals surface area contributed by atoms with Crippen LogP contribution >= 0.6 is 0 Å². The second kappa shape index (κ2) is 4.02. The van der Waals surface area contributed by atoms with E-state index in [4.69, 9.17) is 11.0 Å². The van der Waals surface area contributed by atoms with Gasteiger partial charge in [-0.3, -0.25) is 0 Å². The molecule has 17 heavy (non-hydrogen) atoms. The van der Waals surface area contributed by atoms with Crippen LogP contribution < -0.4 is 5.73 Å². The van der Waals surface area contributed by atoms with E-state index in [-0.39, 0.29) is 11.3 Å². The maximum Gasteiger partial charge on any atom is 0.228 e. The molecule has 0 aliphatic heterocycles. The summed E-state index contributed by atoms with van der Waals surface area (Å²) in [6, 6.07) is 10.1. The Morgan fingerprint density at radius 1 is 1.29 bits per heavy atom. The minimum atomic E-state index is -2.35. The van der Waals surface area contributed by atoms with Crippen LogP contribution in [0.25, 0.3) is 5.57 Å². The molecule has 1 unspecified atom stereocenters. The van der Waals surface area contributed by atoms with Crippen molar-refractivity contribution in [2.24, 2.45) is 5.73 Å². The lowest BCUT2D eigenvalue weighted by atomic mass is 9.83. The number of alkyl halides is 1. The van der Waals surface area contributed by atoms with Crippen LogP contribution in [0.2, 0.25) is 0 Å². The van der Waals surface area contributed by atoms with E-state index < -0.39 is 17.9 Å². The molecule has 0 saturated heterocycles. The highest BCUT2D eigenvalue weighted by Crippen LogP contribution is 2.40. The number of hydrogen-bond acceptors (Lipinski definition) is 2. The van der Waals surface area contributed by atoms with Crippen LogP contribution in [0.4, 0.5) is 8.78 Å². The largest absolute Gasteiger partial charge is 0.397 e. The Morgan fingerprint density at radius 2 is 1.94 bits per heavy atom. The van der Waals surface area contributed by atoms with Gasteiger partial charge in [-0.15, -0.1) is 0 Å². The third kappa shape index (κ3) is 1.92. The molecule has 1 aliphatic carbocycles. The van der Waals surface area contributed by atoms with Gasteiger partial charge in [-0.2, -0.15) is 5.26 Å². The van der Waals surface area contributed by atoms with Gasteiger partial charge in [-0.1, -0.05) is 30.3 Å². The highest BCUT2D eigenvalue weighted by molar-refractivity contribution is 5.78. The van der Waals surface area contributed by atoms with E-state index in [0.717, 1.165) is 0 Å². The molecule has 0 aromatic heterocycles. The molecule has 2 rings (SSSR count). The summed E-state index contributed by atoms with van der Waals surface area (Å²) in [5.41, 5.74) is 3.61. The van der Waals surface area contributed by atoms with Crippen LogP contribution in [0.3, 0.4) is 0 Å². The number of benzene rings is 1. The Balaban J connectivity index is 2.57. The number of nitrogens with zero attached hydrogens (tertiary/aromatic N) is 1. The first kappa shape index (κ1) is 11.3. The summed E-state index contributed by atoms with van der Waals surface area (Å²) in [5.74, 6) is -0.784. The first-order chi connectivity index (χ1) is 8.07. The standard InChI is InChI=1S/C13H10F2N2/c14-11-7-13(15,8-16)10(6-12(11)17)9-4-2-1-3-5-9/h1-6H,7,17H2. The summed E-state index contributed by atoms with van der Waals surface area (Å²) in [7, 11) is 0. The first-order valence-electron chi connectivity index (χ1n) is 5.09. The number of hydrogen-bond donors (Lipinski definition) is 1. The molecule has 0 spiro atoms. The van der Waals surface area contributed by atoms with Crippen LogP contribution in [0.1, 0.15) is 12.0 Å². The van der Waals surface area contributed by atoms with Crippen LogP contribution in [-0.2, 0) is 0 Å². The van der Waals surface area contributed by atoms with Gasteiger partial charge in [0.1, 0.15) is 11.9 Å². The molecule has 0 bridgehead atoms. The van der Waals surface area contributed by atoms with Gasteiger partial charge >= 0.3 is 0 Å². The Hall–Kier alpha value is -2.15. The van der Waals surface area contributed by atoms with E-state index in [1.54, 1.807) is 30.3 Å². The Kier molecular flexibility index (Phi) is 2.68. The lowest BCUT2D eigenvalue weighted by Crippen LogP contribution is -2.27. The summed E-state index contributed by atoms with van der Waals surface area (Å²) in [6.07, 6.45) is 0.563. The molecular weight excluding hydrogens is 222 g/mol. The van der Waals surface area contributed by atoms with Gasteiger partial charge in [-0.25, -0.2) is 8.78 Å². The summed E-state index contributed by atoms with van der Waals surface area (Å²) < 4.78 is 27.6. The summed E-state index contributed by atoms with van der Waals surface area (Å²) in [6.45, 7) is 0. The van der Waals surface area contributed by atoms with Crippen molar-refractivity contribution in [3.8, 4) is 6.07 Å². The van der Waals surface area contributed by atoms with Gasteiger partial charge in [-0.05, 0) is 11.6 Å². The quantitative estimate of drug-likeness (QED) is 0.809. The zero-order valence-electron chi connectivity index (χ0n) is 8.95. The second-order valence-electron chi connectivity index (χ2n) is 3.87. The highest BCUT2D eigenvalue weighted by Gasteiger charge is 2.40. The SMILES string of the molecule is N#CC1(F)CC(F)=C(N)C=C1c1ccccc1. The van der Waals surface area contributed by atoms with E-state index in [1.165, 1.54) is 12.1 Å². The molecular formula is C13H10F2N2. The topological polar surface area (TPSA) is 49.8 Å². The number of rotatable bonds is 1. The van der Waals surface area contributed by atoms with Crippen LogP contribution in [0.15, 0.2) is 47.9 Å². The van der Waals surface area contributed by atoms with Crippen LogP contribution in [-0.4, -0.2) is 5.67 Å². The van der Waals surface area contributed by atoms with Gasteiger partial charge in [0.05, 0.1) is 12.1 Å². The Labute approximate surface area is 97.7 Å². The van der Waals surface area contributed by atoms with Gasteiger partial charge in [0.2, 0.25) is 5.67 Å². The Bertz CT molecular complexity index is 540. The monoisotopic (exact) mass is 232 g/mol. The smallest absolute Gasteiger partial charge is 0.228 e. The summed E-state index contributed by atoms with van der Waals surface area (Å²) >= 11 is 0. The van der Waals surface area contributed by atoms with Gasteiger partial charge in [0, 0.05) is 5.57 Å². The van der Waals surface area contributed by atoms with E-state index in [9.17, 15) is 8.78 Å². The van der Waals surface area contributed by atoms with Crippen molar-refractivity contribution in [2.75, 3.05) is 0 Å². The number of halogens is 2. The first-order valence-corrected chi connectivity index (χ1v) is 5.09. The maximum absolute atomic E-state index is 14.3. The molecule has 0 heterocycles. The molecule has 2 N–H and O–H groups in total. The lowest BCUT2D eigenvalue weighted by Gasteiger charge is -2.25. The second-order valence-corrected chi connectivity index (χ2v) is 3.87.